The largest absolute Gasteiger partial charge is 0.404 e. The van der Waals surface area contributed by atoms with Gasteiger partial charge in [-0.2, -0.15) is 4.68 Å². The SMILES string of the molecule is O=C(Cn1cc(Br)c([N+](=O)[O-])n1)Nc1cc(F)ccc1F. The van der Waals surface area contributed by atoms with Crippen LogP contribution >= 0.6 is 15.9 Å². The van der Waals surface area contributed by atoms with Crippen LogP contribution in [-0.4, -0.2) is 20.6 Å². The Labute approximate surface area is 124 Å². The average molecular weight is 361 g/mol. The van der Waals surface area contributed by atoms with E-state index in [1.807, 2.05) is 0 Å². The third-order valence-electron chi connectivity index (χ3n) is 2.38. The maximum absolute atomic E-state index is 13.3. The standard InChI is InChI=1S/C11H7BrF2N4O3/c12-7-4-17(16-11(7)18(20)21)5-10(19)15-9-3-6(13)1-2-8(9)14/h1-4H,5H2,(H,15,19). The molecule has 21 heavy (non-hydrogen) atoms. The zero-order valence-electron chi connectivity index (χ0n) is 10.2. The van der Waals surface area contributed by atoms with E-state index < -0.39 is 28.3 Å². The van der Waals surface area contributed by atoms with Crippen molar-refractivity contribution in [1.29, 1.82) is 0 Å². The number of hydrogen-bond donors (Lipinski definition) is 1. The summed E-state index contributed by atoms with van der Waals surface area (Å²) >= 11 is 2.93. The van der Waals surface area contributed by atoms with Crippen molar-refractivity contribution < 1.29 is 18.5 Å². The first kappa shape index (κ1) is 15.0. The topological polar surface area (TPSA) is 90.1 Å². The van der Waals surface area contributed by atoms with Gasteiger partial charge in [-0.1, -0.05) is 0 Å². The summed E-state index contributed by atoms with van der Waals surface area (Å²) < 4.78 is 27.4. The fourth-order valence-electron chi connectivity index (χ4n) is 1.52. The van der Waals surface area contributed by atoms with Gasteiger partial charge in [-0.3, -0.25) is 4.79 Å². The number of amides is 1. The van der Waals surface area contributed by atoms with E-state index in [1.54, 1.807) is 0 Å². The predicted octanol–water partition coefficient (Wildman–Crippen LogP) is 2.47. The van der Waals surface area contributed by atoms with E-state index in [1.165, 1.54) is 6.20 Å². The van der Waals surface area contributed by atoms with Gasteiger partial charge in [-0.15, -0.1) is 0 Å². The zero-order valence-corrected chi connectivity index (χ0v) is 11.8. The number of hydrogen-bond acceptors (Lipinski definition) is 4. The molecule has 1 aromatic heterocycles. The molecule has 2 rings (SSSR count). The molecule has 110 valence electrons. The summed E-state index contributed by atoms with van der Waals surface area (Å²) in [6.07, 6.45) is 1.24. The van der Waals surface area contributed by atoms with Crippen LogP contribution in [0.1, 0.15) is 0 Å². The molecule has 7 nitrogen and oxygen atoms in total. The fourth-order valence-corrected chi connectivity index (χ4v) is 1.98. The van der Waals surface area contributed by atoms with Crippen molar-refractivity contribution in [2.24, 2.45) is 0 Å². The van der Waals surface area contributed by atoms with Gasteiger partial charge >= 0.3 is 5.82 Å². The van der Waals surface area contributed by atoms with Gasteiger partial charge in [0.15, 0.2) is 0 Å². The summed E-state index contributed by atoms with van der Waals surface area (Å²) in [5, 5.41) is 16.3. The van der Waals surface area contributed by atoms with Crippen LogP contribution in [0.2, 0.25) is 0 Å². The molecule has 0 saturated carbocycles. The summed E-state index contributed by atoms with van der Waals surface area (Å²) in [6.45, 7) is -0.387. The Morgan fingerprint density at radius 1 is 1.48 bits per heavy atom. The van der Waals surface area contributed by atoms with E-state index in [0.29, 0.717) is 0 Å². The Bertz CT molecular complexity index is 719. The Kier molecular flexibility index (Phi) is 4.26. The molecule has 2 aromatic rings. The summed E-state index contributed by atoms with van der Waals surface area (Å²) in [5.74, 6) is -2.65. The lowest BCUT2D eigenvalue weighted by Crippen LogP contribution is -2.19. The molecule has 0 bridgehead atoms. The van der Waals surface area contributed by atoms with Gasteiger partial charge in [0.05, 0.1) is 17.0 Å². The monoisotopic (exact) mass is 360 g/mol. The number of benzene rings is 1. The minimum absolute atomic E-state index is 0.109. The molecule has 0 unspecified atom stereocenters. The number of nitro groups is 1. The first-order chi connectivity index (χ1) is 9.86. The Morgan fingerprint density at radius 3 is 2.81 bits per heavy atom. The van der Waals surface area contributed by atoms with E-state index in [-0.39, 0.29) is 16.7 Å². The zero-order chi connectivity index (χ0) is 15.6. The predicted molar refractivity (Wildman–Crippen MR) is 71.6 cm³/mol. The molecule has 0 spiro atoms. The molecule has 0 aliphatic heterocycles. The van der Waals surface area contributed by atoms with Crippen LogP contribution in [0.15, 0.2) is 28.9 Å². The highest BCUT2D eigenvalue weighted by atomic mass is 79.9. The number of nitrogens with one attached hydrogen (secondary N) is 1. The minimum Gasteiger partial charge on any atom is -0.358 e. The molecule has 0 radical (unpaired) electrons. The Balaban J connectivity index is 2.10. The smallest absolute Gasteiger partial charge is 0.358 e. The lowest BCUT2D eigenvalue weighted by molar-refractivity contribution is -0.390. The summed E-state index contributed by atoms with van der Waals surface area (Å²) in [4.78, 5) is 21.6. The Hall–Kier alpha value is -2.36. The van der Waals surface area contributed by atoms with Crippen molar-refractivity contribution in [3.05, 3.63) is 50.6 Å². The first-order valence-electron chi connectivity index (χ1n) is 5.49. The molecular formula is C11H7BrF2N4O3. The molecule has 1 aromatic carbocycles. The van der Waals surface area contributed by atoms with Crippen LogP contribution in [0.5, 0.6) is 0 Å². The molecule has 0 atom stereocenters. The van der Waals surface area contributed by atoms with E-state index in [4.69, 9.17) is 0 Å². The number of halogens is 3. The average Bonchev–Trinajstić information content (AvgIpc) is 2.74. The number of nitrogens with zero attached hydrogens (tertiary/aromatic N) is 3. The van der Waals surface area contributed by atoms with E-state index in [0.717, 1.165) is 22.9 Å². The van der Waals surface area contributed by atoms with Gasteiger partial charge in [0.25, 0.3) is 0 Å². The van der Waals surface area contributed by atoms with Crippen LogP contribution in [0.3, 0.4) is 0 Å². The van der Waals surface area contributed by atoms with Crippen molar-refractivity contribution in [3.8, 4) is 0 Å². The molecule has 1 N–H and O–H groups in total. The molecule has 1 amide bonds. The van der Waals surface area contributed by atoms with E-state index in [2.05, 4.69) is 26.3 Å². The van der Waals surface area contributed by atoms with Crippen LogP contribution < -0.4 is 5.32 Å². The highest BCUT2D eigenvalue weighted by molar-refractivity contribution is 9.10. The second-order valence-corrected chi connectivity index (χ2v) is 4.78. The van der Waals surface area contributed by atoms with Gasteiger partial charge in [-0.25, -0.2) is 8.78 Å². The van der Waals surface area contributed by atoms with Crippen LogP contribution in [-0.2, 0) is 11.3 Å². The lowest BCUT2D eigenvalue weighted by Gasteiger charge is -2.05. The van der Waals surface area contributed by atoms with Crippen molar-refractivity contribution in [2.45, 2.75) is 6.54 Å². The van der Waals surface area contributed by atoms with E-state index >= 15 is 0 Å². The molecule has 1 heterocycles. The van der Waals surface area contributed by atoms with Crippen LogP contribution in [0.4, 0.5) is 20.3 Å². The second-order valence-electron chi connectivity index (χ2n) is 3.93. The normalized spacial score (nSPS) is 10.4. The van der Waals surface area contributed by atoms with Crippen molar-refractivity contribution in [1.82, 2.24) is 9.78 Å². The summed E-state index contributed by atoms with van der Waals surface area (Å²) in [6, 6.07) is 2.62. The second kappa shape index (κ2) is 5.95. The Morgan fingerprint density at radius 2 is 2.19 bits per heavy atom. The molecule has 0 fully saturated rings. The summed E-state index contributed by atoms with van der Waals surface area (Å²) in [7, 11) is 0. The number of carbonyl (C=O) groups excluding carboxylic acids is 1. The number of rotatable bonds is 4. The highest BCUT2D eigenvalue weighted by Gasteiger charge is 2.20. The number of anilines is 1. The maximum Gasteiger partial charge on any atom is 0.404 e. The maximum atomic E-state index is 13.3. The van der Waals surface area contributed by atoms with Gasteiger partial charge < -0.3 is 15.4 Å². The fraction of sp³-hybridized carbons (Fsp3) is 0.0909. The van der Waals surface area contributed by atoms with Gasteiger partial charge in [0, 0.05) is 6.07 Å². The third kappa shape index (κ3) is 3.60. The number of aromatic nitrogens is 2. The third-order valence-corrected chi connectivity index (χ3v) is 2.94. The van der Waals surface area contributed by atoms with Gasteiger partial charge in [0.1, 0.15) is 22.7 Å². The van der Waals surface area contributed by atoms with Crippen LogP contribution in [0.25, 0.3) is 0 Å². The van der Waals surface area contributed by atoms with Gasteiger partial charge in [0.2, 0.25) is 5.91 Å². The molecule has 0 aliphatic carbocycles. The van der Waals surface area contributed by atoms with E-state index in [9.17, 15) is 23.7 Å². The van der Waals surface area contributed by atoms with Crippen LogP contribution in [0, 0.1) is 21.7 Å². The molecule has 0 saturated heterocycles. The quantitative estimate of drug-likeness (QED) is 0.669. The highest BCUT2D eigenvalue weighted by Crippen LogP contribution is 2.22. The molecule has 10 heteroatoms. The number of carbonyl (C=O) groups is 1. The van der Waals surface area contributed by atoms with Crippen molar-refractivity contribution in [2.75, 3.05) is 5.32 Å². The minimum atomic E-state index is -0.794. The lowest BCUT2D eigenvalue weighted by atomic mass is 10.3. The molecule has 0 aliphatic rings. The summed E-state index contributed by atoms with van der Waals surface area (Å²) in [5.41, 5.74) is -0.319. The van der Waals surface area contributed by atoms with Crippen molar-refractivity contribution >= 4 is 33.3 Å². The van der Waals surface area contributed by atoms with Gasteiger partial charge in [-0.05, 0) is 33.0 Å². The molecular weight excluding hydrogens is 354 g/mol. The van der Waals surface area contributed by atoms with Crippen molar-refractivity contribution in [3.63, 3.8) is 0 Å². The first-order valence-corrected chi connectivity index (χ1v) is 6.28.